The minimum Gasteiger partial charge on any atom is -0.387 e. The lowest BCUT2D eigenvalue weighted by molar-refractivity contribution is 0.153. The van der Waals surface area contributed by atoms with Crippen LogP contribution in [0.4, 0.5) is 0 Å². The fraction of sp³-hybridized carbons (Fsp3) is 0.143. The third kappa shape index (κ3) is 3.50. The van der Waals surface area contributed by atoms with Gasteiger partial charge in [0, 0.05) is 6.04 Å². The van der Waals surface area contributed by atoms with Gasteiger partial charge in [0.15, 0.2) is 0 Å². The Bertz CT molecular complexity index is 709. The predicted molar refractivity (Wildman–Crippen MR) is 95.9 cm³/mol. The summed E-state index contributed by atoms with van der Waals surface area (Å²) in [4.78, 5) is 0. The van der Waals surface area contributed by atoms with Gasteiger partial charge in [0.1, 0.15) is 0 Å². The predicted octanol–water partition coefficient (Wildman–Crippen LogP) is 4.40. The molecule has 0 aliphatic carbocycles. The molecule has 0 saturated heterocycles. The second-order valence-corrected chi connectivity index (χ2v) is 5.88. The van der Waals surface area contributed by atoms with E-state index in [0.29, 0.717) is 0 Å². The summed E-state index contributed by atoms with van der Waals surface area (Å²) in [5, 5.41) is 10.4. The molecule has 2 atom stereocenters. The van der Waals surface area contributed by atoms with Gasteiger partial charge < -0.3 is 10.8 Å². The van der Waals surface area contributed by atoms with Crippen LogP contribution in [0.15, 0.2) is 78.9 Å². The maximum Gasteiger partial charge on any atom is 0.0938 e. The van der Waals surface area contributed by atoms with Crippen molar-refractivity contribution in [3.8, 4) is 22.3 Å². The SMILES string of the molecule is C[C@H](N)[C@H](O)c1cc(-c2ccccc2)cc(-c2ccccc2)c1. The van der Waals surface area contributed by atoms with E-state index in [9.17, 15) is 5.11 Å². The molecular formula is C21H21NO. The van der Waals surface area contributed by atoms with Crippen molar-refractivity contribution in [1.29, 1.82) is 0 Å². The van der Waals surface area contributed by atoms with E-state index in [1.54, 1.807) is 0 Å². The standard InChI is InChI=1S/C21H21NO/c1-15(22)21(23)20-13-18(16-8-4-2-5-9-16)12-19(14-20)17-10-6-3-7-11-17/h2-15,21,23H,22H2,1H3/t15-,21-/m0/s1. The topological polar surface area (TPSA) is 46.2 Å². The second kappa shape index (κ2) is 6.78. The van der Waals surface area contributed by atoms with Crippen molar-refractivity contribution < 1.29 is 5.11 Å². The van der Waals surface area contributed by atoms with E-state index < -0.39 is 6.10 Å². The summed E-state index contributed by atoms with van der Waals surface area (Å²) in [6.07, 6.45) is -0.680. The van der Waals surface area contributed by atoms with Crippen LogP contribution in [0.5, 0.6) is 0 Å². The van der Waals surface area contributed by atoms with Gasteiger partial charge in [-0.05, 0) is 52.9 Å². The van der Waals surface area contributed by atoms with E-state index in [1.807, 2.05) is 55.5 Å². The summed E-state index contributed by atoms with van der Waals surface area (Å²) in [5.74, 6) is 0. The minimum absolute atomic E-state index is 0.315. The Morgan fingerprint density at radius 2 is 1.13 bits per heavy atom. The van der Waals surface area contributed by atoms with Crippen molar-refractivity contribution in [1.82, 2.24) is 0 Å². The largest absolute Gasteiger partial charge is 0.387 e. The van der Waals surface area contributed by atoms with Crippen LogP contribution < -0.4 is 5.73 Å². The van der Waals surface area contributed by atoms with Gasteiger partial charge in [-0.1, -0.05) is 60.7 Å². The molecule has 0 saturated carbocycles. The van der Waals surface area contributed by atoms with Gasteiger partial charge in [-0.3, -0.25) is 0 Å². The molecule has 3 aromatic rings. The zero-order valence-electron chi connectivity index (χ0n) is 13.2. The molecule has 0 spiro atoms. The third-order valence-corrected chi connectivity index (χ3v) is 4.01. The van der Waals surface area contributed by atoms with Crippen molar-refractivity contribution in [3.05, 3.63) is 84.4 Å². The first-order valence-electron chi connectivity index (χ1n) is 7.84. The molecule has 0 fully saturated rings. The number of hydrogen-bond donors (Lipinski definition) is 2. The average molecular weight is 303 g/mol. The highest BCUT2D eigenvalue weighted by atomic mass is 16.3. The number of aliphatic hydroxyl groups excluding tert-OH is 1. The van der Waals surface area contributed by atoms with Gasteiger partial charge >= 0.3 is 0 Å². The van der Waals surface area contributed by atoms with E-state index in [2.05, 4.69) is 30.3 Å². The maximum atomic E-state index is 10.4. The average Bonchev–Trinajstić information content (AvgIpc) is 2.62. The monoisotopic (exact) mass is 303 g/mol. The molecule has 0 aromatic heterocycles. The van der Waals surface area contributed by atoms with E-state index >= 15 is 0 Å². The van der Waals surface area contributed by atoms with E-state index in [1.165, 1.54) is 0 Å². The van der Waals surface area contributed by atoms with Crippen molar-refractivity contribution in [2.45, 2.75) is 19.1 Å². The van der Waals surface area contributed by atoms with Gasteiger partial charge in [-0.2, -0.15) is 0 Å². The summed E-state index contributed by atoms with van der Waals surface area (Å²) in [7, 11) is 0. The zero-order chi connectivity index (χ0) is 16.2. The van der Waals surface area contributed by atoms with Gasteiger partial charge in [0.25, 0.3) is 0 Å². The highest BCUT2D eigenvalue weighted by molar-refractivity contribution is 5.74. The third-order valence-electron chi connectivity index (χ3n) is 4.01. The Balaban J connectivity index is 2.15. The van der Waals surface area contributed by atoms with Gasteiger partial charge in [-0.25, -0.2) is 0 Å². The molecular weight excluding hydrogens is 282 g/mol. The second-order valence-electron chi connectivity index (χ2n) is 5.88. The van der Waals surface area contributed by atoms with Crippen molar-refractivity contribution in [2.75, 3.05) is 0 Å². The van der Waals surface area contributed by atoms with E-state index in [4.69, 9.17) is 5.73 Å². The quantitative estimate of drug-likeness (QED) is 0.750. The van der Waals surface area contributed by atoms with Crippen LogP contribution in [0.1, 0.15) is 18.6 Å². The Morgan fingerprint density at radius 3 is 1.52 bits per heavy atom. The molecule has 0 aliphatic heterocycles. The van der Waals surface area contributed by atoms with Gasteiger partial charge in [0.2, 0.25) is 0 Å². The summed E-state index contributed by atoms with van der Waals surface area (Å²) in [6.45, 7) is 1.82. The first-order chi connectivity index (χ1) is 11.1. The number of nitrogens with two attached hydrogens (primary N) is 1. The Labute approximate surface area is 137 Å². The molecule has 3 rings (SSSR count). The lowest BCUT2D eigenvalue weighted by Crippen LogP contribution is -2.24. The molecule has 0 heterocycles. The molecule has 3 aromatic carbocycles. The van der Waals surface area contributed by atoms with Crippen LogP contribution in [0.25, 0.3) is 22.3 Å². The van der Waals surface area contributed by atoms with Crippen LogP contribution in [0.2, 0.25) is 0 Å². The zero-order valence-corrected chi connectivity index (χ0v) is 13.2. The molecule has 3 N–H and O–H groups in total. The van der Waals surface area contributed by atoms with Crippen LogP contribution in [0.3, 0.4) is 0 Å². The van der Waals surface area contributed by atoms with Crippen molar-refractivity contribution >= 4 is 0 Å². The smallest absolute Gasteiger partial charge is 0.0938 e. The highest BCUT2D eigenvalue weighted by Crippen LogP contribution is 2.31. The molecule has 116 valence electrons. The summed E-state index contributed by atoms with van der Waals surface area (Å²) in [5.41, 5.74) is 11.2. The lowest BCUT2D eigenvalue weighted by atomic mass is 9.93. The van der Waals surface area contributed by atoms with Crippen LogP contribution >= 0.6 is 0 Å². The Morgan fingerprint density at radius 1 is 0.696 bits per heavy atom. The molecule has 0 unspecified atom stereocenters. The number of benzene rings is 3. The van der Waals surface area contributed by atoms with Crippen molar-refractivity contribution in [2.24, 2.45) is 5.73 Å². The molecule has 0 amide bonds. The Hall–Kier alpha value is -2.42. The summed E-state index contributed by atoms with van der Waals surface area (Å²) >= 11 is 0. The fourth-order valence-corrected chi connectivity index (χ4v) is 2.72. The number of rotatable bonds is 4. The van der Waals surface area contributed by atoms with Gasteiger partial charge in [0.05, 0.1) is 6.10 Å². The summed E-state index contributed by atoms with van der Waals surface area (Å²) < 4.78 is 0. The molecule has 2 nitrogen and oxygen atoms in total. The van der Waals surface area contributed by atoms with Crippen LogP contribution in [-0.4, -0.2) is 11.1 Å². The first-order valence-corrected chi connectivity index (χ1v) is 7.84. The molecule has 23 heavy (non-hydrogen) atoms. The van der Waals surface area contributed by atoms with Crippen LogP contribution in [0, 0.1) is 0 Å². The highest BCUT2D eigenvalue weighted by Gasteiger charge is 2.15. The maximum absolute atomic E-state index is 10.4. The normalized spacial score (nSPS) is 13.5. The minimum atomic E-state index is -0.680. The first kappa shape index (κ1) is 15.5. The number of hydrogen-bond acceptors (Lipinski definition) is 2. The lowest BCUT2D eigenvalue weighted by Gasteiger charge is -2.18. The molecule has 0 aliphatic rings. The van der Waals surface area contributed by atoms with Crippen LogP contribution in [-0.2, 0) is 0 Å². The number of aliphatic hydroxyl groups is 1. The van der Waals surface area contributed by atoms with Crippen molar-refractivity contribution in [3.63, 3.8) is 0 Å². The Kier molecular flexibility index (Phi) is 4.56. The fourth-order valence-electron chi connectivity index (χ4n) is 2.72. The molecule has 0 bridgehead atoms. The van der Waals surface area contributed by atoms with Gasteiger partial charge in [-0.15, -0.1) is 0 Å². The molecule has 0 radical (unpaired) electrons. The van der Waals surface area contributed by atoms with E-state index in [0.717, 1.165) is 27.8 Å². The van der Waals surface area contributed by atoms with E-state index in [-0.39, 0.29) is 6.04 Å². The molecule has 2 heteroatoms. The summed E-state index contributed by atoms with van der Waals surface area (Å²) in [6, 6.07) is 26.3.